The number of rotatable bonds is 4. The van der Waals surface area contributed by atoms with Gasteiger partial charge in [0.2, 0.25) is 0 Å². The molecule has 0 saturated carbocycles. The SMILES string of the molecule is CC(C)(C)[Si](Oc1cc2c(cp1)COC2)(c1ccccc1)c1ccccc1. The van der Waals surface area contributed by atoms with Crippen LogP contribution in [0.4, 0.5) is 0 Å². The van der Waals surface area contributed by atoms with Gasteiger partial charge in [0.25, 0.3) is 0 Å². The first kappa shape index (κ1) is 18.4. The molecular weight excluding hydrogens is 367 g/mol. The van der Waals surface area contributed by atoms with Crippen LogP contribution in [0.2, 0.25) is 5.04 Å². The summed E-state index contributed by atoms with van der Waals surface area (Å²) in [6, 6.07) is 23.8. The first-order valence-electron chi connectivity index (χ1n) is 9.36. The molecule has 0 unspecified atom stereocenters. The quantitative estimate of drug-likeness (QED) is 0.566. The summed E-state index contributed by atoms with van der Waals surface area (Å²) >= 11 is 0. The van der Waals surface area contributed by atoms with Gasteiger partial charge in [0, 0.05) is 0 Å². The van der Waals surface area contributed by atoms with E-state index in [2.05, 4.69) is 93.3 Å². The van der Waals surface area contributed by atoms with Crippen molar-refractivity contribution < 1.29 is 9.16 Å². The van der Waals surface area contributed by atoms with Crippen LogP contribution in [0.5, 0.6) is 5.48 Å². The van der Waals surface area contributed by atoms with Gasteiger partial charge in [0.05, 0.1) is 13.2 Å². The molecule has 0 amide bonds. The molecule has 1 aliphatic rings. The molecular formula is C23H25O2PSi. The van der Waals surface area contributed by atoms with Crippen LogP contribution in [0.25, 0.3) is 0 Å². The van der Waals surface area contributed by atoms with E-state index in [1.54, 1.807) is 0 Å². The van der Waals surface area contributed by atoms with Crippen molar-refractivity contribution in [3.05, 3.63) is 83.7 Å². The molecule has 0 aliphatic carbocycles. The van der Waals surface area contributed by atoms with Gasteiger partial charge in [-0.3, -0.25) is 0 Å². The van der Waals surface area contributed by atoms with Crippen molar-refractivity contribution in [2.24, 2.45) is 0 Å². The number of ether oxygens (including phenoxy) is 1. The van der Waals surface area contributed by atoms with Crippen LogP contribution in [0.15, 0.2) is 72.5 Å². The number of fused-ring (bicyclic) bond motifs is 1. The monoisotopic (exact) mass is 392 g/mol. The minimum Gasteiger partial charge on any atom is -0.531 e. The zero-order chi connectivity index (χ0) is 18.9. The Kier molecular flexibility index (Phi) is 4.94. The van der Waals surface area contributed by atoms with Crippen LogP contribution in [0, 0.1) is 0 Å². The third-order valence-corrected chi connectivity index (χ3v) is 11.3. The Balaban J connectivity index is 1.90. The minimum atomic E-state index is -2.54. The highest BCUT2D eigenvalue weighted by Crippen LogP contribution is 2.41. The predicted molar refractivity (Wildman–Crippen MR) is 116 cm³/mol. The van der Waals surface area contributed by atoms with Crippen molar-refractivity contribution in [2.45, 2.75) is 39.0 Å². The molecule has 27 heavy (non-hydrogen) atoms. The summed E-state index contributed by atoms with van der Waals surface area (Å²) in [5, 5.41) is 2.59. The Morgan fingerprint density at radius 1 is 0.852 bits per heavy atom. The Bertz CT molecular complexity index is 881. The van der Waals surface area contributed by atoms with Crippen LogP contribution in [-0.4, -0.2) is 8.32 Å². The molecule has 0 saturated heterocycles. The van der Waals surface area contributed by atoms with Gasteiger partial charge < -0.3 is 9.16 Å². The maximum Gasteiger partial charge on any atom is 0.320 e. The summed E-state index contributed by atoms with van der Waals surface area (Å²) in [4.78, 5) is 0. The van der Waals surface area contributed by atoms with E-state index in [1.807, 2.05) is 0 Å². The van der Waals surface area contributed by atoms with Crippen LogP contribution in [-0.2, 0) is 18.0 Å². The summed E-state index contributed by atoms with van der Waals surface area (Å²) in [5.74, 6) is 2.25. The molecule has 0 spiro atoms. The van der Waals surface area contributed by atoms with E-state index in [0.29, 0.717) is 6.61 Å². The van der Waals surface area contributed by atoms with Gasteiger partial charge in [0.1, 0.15) is 5.48 Å². The fourth-order valence-electron chi connectivity index (χ4n) is 3.90. The zero-order valence-corrected chi connectivity index (χ0v) is 18.0. The van der Waals surface area contributed by atoms with E-state index in [9.17, 15) is 0 Å². The fraction of sp³-hybridized carbons (Fsp3) is 0.261. The smallest absolute Gasteiger partial charge is 0.320 e. The van der Waals surface area contributed by atoms with Gasteiger partial charge in [-0.25, -0.2) is 0 Å². The number of hydrogen-bond donors (Lipinski definition) is 0. The second kappa shape index (κ2) is 7.24. The number of benzene rings is 2. The standard InChI is InChI=1S/C23H25O2PSi/c1-23(2,3)27(20-10-6-4-7-11-20,21-12-8-5-9-13-21)25-22-14-18-15-24-16-19(18)17-26-22/h4-14,17H,15-16H2,1-3H3. The summed E-state index contributed by atoms with van der Waals surface area (Å²) in [6.07, 6.45) is 0. The molecule has 4 rings (SSSR count). The highest BCUT2D eigenvalue weighted by Gasteiger charge is 2.52. The first-order valence-corrected chi connectivity index (χ1v) is 12.2. The molecule has 0 N–H and O–H groups in total. The van der Waals surface area contributed by atoms with Crippen LogP contribution < -0.4 is 14.8 Å². The largest absolute Gasteiger partial charge is 0.531 e. The molecule has 2 nitrogen and oxygen atoms in total. The van der Waals surface area contributed by atoms with Gasteiger partial charge in [-0.2, -0.15) is 0 Å². The van der Waals surface area contributed by atoms with E-state index in [4.69, 9.17) is 9.16 Å². The summed E-state index contributed by atoms with van der Waals surface area (Å²) in [6.45, 7) is 8.35. The molecule has 0 bridgehead atoms. The molecule has 0 radical (unpaired) electrons. The molecule has 2 aromatic carbocycles. The molecule has 1 aliphatic heterocycles. The van der Waals surface area contributed by atoms with E-state index >= 15 is 0 Å². The molecule has 0 fully saturated rings. The number of hydrogen-bond acceptors (Lipinski definition) is 2. The van der Waals surface area contributed by atoms with Crippen molar-refractivity contribution in [1.82, 2.24) is 0 Å². The molecule has 138 valence electrons. The van der Waals surface area contributed by atoms with E-state index in [-0.39, 0.29) is 5.04 Å². The van der Waals surface area contributed by atoms with Gasteiger partial charge in [-0.1, -0.05) is 81.4 Å². The van der Waals surface area contributed by atoms with Crippen molar-refractivity contribution in [2.75, 3.05) is 0 Å². The molecule has 0 atom stereocenters. The van der Waals surface area contributed by atoms with E-state index < -0.39 is 8.32 Å². The third-order valence-electron chi connectivity index (χ3n) is 5.25. The highest BCUT2D eigenvalue weighted by atomic mass is 31.0. The summed E-state index contributed by atoms with van der Waals surface area (Å²) in [5.41, 5.74) is 3.61. The maximum atomic E-state index is 7.09. The lowest BCUT2D eigenvalue weighted by atomic mass is 10.2. The second-order valence-electron chi connectivity index (χ2n) is 8.05. The van der Waals surface area contributed by atoms with Crippen LogP contribution in [0.3, 0.4) is 0 Å². The van der Waals surface area contributed by atoms with Crippen LogP contribution >= 0.6 is 8.19 Å². The minimum absolute atomic E-state index is 0.0209. The highest BCUT2D eigenvalue weighted by molar-refractivity contribution is 7.32. The van der Waals surface area contributed by atoms with Gasteiger partial charge in [-0.15, -0.1) is 0 Å². The summed E-state index contributed by atoms with van der Waals surface area (Å²) in [7, 11) is -1.42. The molecule has 1 aromatic heterocycles. The average molecular weight is 393 g/mol. The van der Waals surface area contributed by atoms with Gasteiger partial charge >= 0.3 is 8.32 Å². The van der Waals surface area contributed by atoms with E-state index in [1.165, 1.54) is 21.5 Å². The normalized spacial score (nSPS) is 14.3. The van der Waals surface area contributed by atoms with Crippen LogP contribution in [0.1, 0.15) is 31.9 Å². The molecule has 3 aromatic rings. The topological polar surface area (TPSA) is 18.5 Å². The van der Waals surface area contributed by atoms with Gasteiger partial charge in [-0.05, 0) is 46.6 Å². The Hall–Kier alpha value is -1.93. The maximum absolute atomic E-state index is 7.09. The lowest BCUT2D eigenvalue weighted by molar-refractivity contribution is 0.134. The summed E-state index contributed by atoms with van der Waals surface area (Å²) < 4.78 is 12.7. The molecule has 2 heterocycles. The first-order chi connectivity index (χ1) is 13.0. The predicted octanol–water partition coefficient (Wildman–Crippen LogP) is 5.24. The van der Waals surface area contributed by atoms with Gasteiger partial charge in [0.15, 0.2) is 0 Å². The average Bonchev–Trinajstić information content (AvgIpc) is 3.14. The van der Waals surface area contributed by atoms with Crippen molar-refractivity contribution in [3.8, 4) is 5.48 Å². The zero-order valence-electron chi connectivity index (χ0n) is 16.1. The van der Waals surface area contributed by atoms with Crippen molar-refractivity contribution in [3.63, 3.8) is 0 Å². The fourth-order valence-corrected chi connectivity index (χ4v) is 9.58. The Morgan fingerprint density at radius 3 is 1.96 bits per heavy atom. The Labute approximate surface area is 164 Å². The lowest BCUT2D eigenvalue weighted by Gasteiger charge is -2.42. The second-order valence-corrected chi connectivity index (χ2v) is 13.2. The Morgan fingerprint density at radius 2 is 1.41 bits per heavy atom. The molecule has 4 heteroatoms. The van der Waals surface area contributed by atoms with Crippen molar-refractivity contribution in [1.29, 1.82) is 0 Å². The lowest BCUT2D eigenvalue weighted by Crippen LogP contribution is -2.68. The third kappa shape index (κ3) is 3.36. The van der Waals surface area contributed by atoms with E-state index in [0.717, 1.165) is 20.3 Å². The van der Waals surface area contributed by atoms with Crippen molar-refractivity contribution >= 4 is 26.9 Å².